The highest BCUT2D eigenvalue weighted by Gasteiger charge is 2.34. The Morgan fingerprint density at radius 1 is 1.27 bits per heavy atom. The number of nitrogens with two attached hydrogens (primary N) is 1. The zero-order valence-electron chi connectivity index (χ0n) is 15.0. The van der Waals surface area contributed by atoms with E-state index in [1.54, 1.807) is 12.3 Å². The maximum atomic E-state index is 14.4. The van der Waals surface area contributed by atoms with Crippen LogP contribution in [0.3, 0.4) is 0 Å². The van der Waals surface area contributed by atoms with Crippen molar-refractivity contribution in [3.63, 3.8) is 0 Å². The average molecular weight is 379 g/mol. The number of pyridine rings is 1. The number of morpholine rings is 1. The molecule has 2 N–H and O–H groups in total. The van der Waals surface area contributed by atoms with E-state index in [-0.39, 0.29) is 11.4 Å². The van der Waals surface area contributed by atoms with Gasteiger partial charge in [0.15, 0.2) is 4.75 Å². The first-order valence-corrected chi connectivity index (χ1v) is 9.82. The fourth-order valence-electron chi connectivity index (χ4n) is 2.57. The average Bonchev–Trinajstić information content (AvgIpc) is 2.62. The van der Waals surface area contributed by atoms with Crippen LogP contribution in [0.5, 0.6) is 0 Å². The molecule has 1 aliphatic heterocycles. The van der Waals surface area contributed by atoms with Crippen molar-refractivity contribution in [3.05, 3.63) is 29.8 Å². The van der Waals surface area contributed by atoms with Crippen LogP contribution in [0.25, 0.3) is 11.3 Å². The van der Waals surface area contributed by atoms with Crippen LogP contribution < -0.4 is 10.6 Å². The Balaban J connectivity index is 2.13. The van der Waals surface area contributed by atoms with Crippen molar-refractivity contribution in [1.29, 1.82) is 0 Å². The van der Waals surface area contributed by atoms with Crippen molar-refractivity contribution in [1.82, 2.24) is 15.0 Å². The van der Waals surface area contributed by atoms with Crippen LogP contribution in [0, 0.1) is 5.82 Å². The molecule has 0 aliphatic carbocycles. The Kier molecular flexibility index (Phi) is 5.31. The van der Waals surface area contributed by atoms with Crippen LogP contribution in [0.4, 0.5) is 16.2 Å². The number of ether oxygens (including phenoxy) is 1. The van der Waals surface area contributed by atoms with Gasteiger partial charge in [-0.1, -0.05) is 0 Å². The summed E-state index contributed by atoms with van der Waals surface area (Å²) in [6, 6.07) is 2.83. The molecule has 0 spiro atoms. The summed E-state index contributed by atoms with van der Waals surface area (Å²) in [5.74, 6) is 0.0602. The minimum atomic E-state index is -1.18. The van der Waals surface area contributed by atoms with E-state index in [0.717, 1.165) is 6.07 Å². The SMILES string of the molecule is C[S+]([O-])C(C)(C)c1cc(-c2cnc(N)cc2F)nc(N2CCOCC2)n1. The van der Waals surface area contributed by atoms with Gasteiger partial charge in [-0.25, -0.2) is 19.3 Å². The number of hydrogen-bond acceptors (Lipinski definition) is 7. The van der Waals surface area contributed by atoms with Crippen molar-refractivity contribution in [3.8, 4) is 11.3 Å². The number of nitrogens with zero attached hydrogens (tertiary/aromatic N) is 4. The van der Waals surface area contributed by atoms with Crippen molar-refractivity contribution < 1.29 is 13.7 Å². The van der Waals surface area contributed by atoms with Crippen molar-refractivity contribution >= 4 is 22.9 Å². The van der Waals surface area contributed by atoms with Crippen LogP contribution in [0.15, 0.2) is 18.3 Å². The maximum Gasteiger partial charge on any atom is 0.226 e. The number of nitrogen functional groups attached to an aromatic ring is 1. The second kappa shape index (κ2) is 7.34. The molecule has 140 valence electrons. The molecule has 1 fully saturated rings. The summed E-state index contributed by atoms with van der Waals surface area (Å²) in [6.07, 6.45) is 2.98. The summed E-state index contributed by atoms with van der Waals surface area (Å²) in [6.45, 7) is 6.11. The van der Waals surface area contributed by atoms with Gasteiger partial charge in [-0.2, -0.15) is 0 Å². The Labute approximate surface area is 155 Å². The molecule has 1 unspecified atom stereocenters. The molecule has 0 radical (unpaired) electrons. The number of hydrogen-bond donors (Lipinski definition) is 1. The highest BCUT2D eigenvalue weighted by atomic mass is 32.2. The fraction of sp³-hybridized carbons (Fsp3) is 0.471. The van der Waals surface area contributed by atoms with E-state index in [0.29, 0.717) is 43.6 Å². The van der Waals surface area contributed by atoms with Crippen molar-refractivity contribution in [2.24, 2.45) is 0 Å². The lowest BCUT2D eigenvalue weighted by Gasteiger charge is -2.30. The quantitative estimate of drug-likeness (QED) is 0.807. The molecule has 26 heavy (non-hydrogen) atoms. The van der Waals surface area contributed by atoms with Crippen molar-refractivity contribution in [2.45, 2.75) is 18.6 Å². The Morgan fingerprint density at radius 2 is 1.96 bits per heavy atom. The first-order valence-electron chi connectivity index (χ1n) is 8.26. The molecule has 2 aromatic heterocycles. The molecule has 2 aromatic rings. The van der Waals surface area contributed by atoms with E-state index in [4.69, 9.17) is 10.5 Å². The minimum Gasteiger partial charge on any atom is -0.616 e. The van der Waals surface area contributed by atoms with Gasteiger partial charge < -0.3 is 19.9 Å². The second-order valence-electron chi connectivity index (χ2n) is 6.59. The lowest BCUT2D eigenvalue weighted by atomic mass is 10.1. The highest BCUT2D eigenvalue weighted by molar-refractivity contribution is 7.91. The predicted molar refractivity (Wildman–Crippen MR) is 99.8 cm³/mol. The molecule has 3 rings (SSSR count). The molecule has 0 amide bonds. The van der Waals surface area contributed by atoms with Gasteiger partial charge in [0.1, 0.15) is 17.3 Å². The molecule has 1 saturated heterocycles. The number of halogens is 1. The van der Waals surface area contributed by atoms with Gasteiger partial charge in [0.25, 0.3) is 0 Å². The molecular formula is C17H22FN5O2S. The normalized spacial score (nSPS) is 16.6. The van der Waals surface area contributed by atoms with Crippen LogP contribution >= 0.6 is 0 Å². The summed E-state index contributed by atoms with van der Waals surface area (Å²) in [5.41, 5.74) is 6.75. The molecule has 9 heteroatoms. The molecule has 0 bridgehead atoms. The minimum absolute atomic E-state index is 0.101. The van der Waals surface area contributed by atoms with Gasteiger partial charge in [0.05, 0.1) is 30.7 Å². The zero-order chi connectivity index (χ0) is 18.9. The molecule has 1 aliphatic rings. The van der Waals surface area contributed by atoms with E-state index in [9.17, 15) is 8.94 Å². The monoisotopic (exact) mass is 379 g/mol. The van der Waals surface area contributed by atoms with Gasteiger partial charge >= 0.3 is 0 Å². The molecule has 7 nitrogen and oxygen atoms in total. The van der Waals surface area contributed by atoms with Gasteiger partial charge in [0.2, 0.25) is 5.95 Å². The summed E-state index contributed by atoms with van der Waals surface area (Å²) < 4.78 is 31.3. The van der Waals surface area contributed by atoms with Crippen LogP contribution in [0.2, 0.25) is 0 Å². The molecule has 0 aromatic carbocycles. The summed E-state index contributed by atoms with van der Waals surface area (Å²) in [4.78, 5) is 15.1. The topological polar surface area (TPSA) is 100 Å². The molecule has 1 atom stereocenters. The number of rotatable bonds is 4. The Hall–Kier alpha value is -1.97. The zero-order valence-corrected chi connectivity index (χ0v) is 15.8. The van der Waals surface area contributed by atoms with E-state index < -0.39 is 21.7 Å². The van der Waals surface area contributed by atoms with E-state index in [1.165, 1.54) is 6.20 Å². The van der Waals surface area contributed by atoms with Crippen LogP contribution in [-0.4, -0.2) is 52.1 Å². The van der Waals surface area contributed by atoms with Crippen LogP contribution in [-0.2, 0) is 20.7 Å². The van der Waals surface area contributed by atoms with Gasteiger partial charge in [-0.3, -0.25) is 0 Å². The Bertz CT molecular complexity index is 797. The van der Waals surface area contributed by atoms with Gasteiger partial charge in [-0.15, -0.1) is 0 Å². The van der Waals surface area contributed by atoms with Gasteiger partial charge in [0, 0.05) is 25.4 Å². The molecule has 3 heterocycles. The summed E-state index contributed by atoms with van der Waals surface area (Å²) in [5, 5.41) is 0. The van der Waals surface area contributed by atoms with E-state index >= 15 is 0 Å². The third kappa shape index (κ3) is 3.74. The standard InChI is InChI=1S/C17H22FN5O2S/c1-17(2,26(3)24)14-9-13(11-10-20-15(19)8-12(11)18)21-16(22-14)23-4-6-25-7-5-23/h8-10H,4-7H2,1-3H3,(H2,19,20). The third-order valence-corrected chi connectivity index (χ3v) is 6.14. The van der Waals surface area contributed by atoms with Crippen molar-refractivity contribution in [2.75, 3.05) is 43.2 Å². The molecular weight excluding hydrogens is 357 g/mol. The van der Waals surface area contributed by atoms with Crippen LogP contribution in [0.1, 0.15) is 19.5 Å². The second-order valence-corrected chi connectivity index (χ2v) is 8.52. The fourth-order valence-corrected chi connectivity index (χ4v) is 2.97. The van der Waals surface area contributed by atoms with Gasteiger partial charge in [-0.05, 0) is 31.1 Å². The Morgan fingerprint density at radius 3 is 2.58 bits per heavy atom. The first kappa shape index (κ1) is 18.8. The van der Waals surface area contributed by atoms with E-state index in [1.807, 2.05) is 18.7 Å². The third-order valence-electron chi connectivity index (χ3n) is 4.49. The summed E-state index contributed by atoms with van der Waals surface area (Å²) in [7, 11) is 0. The number of anilines is 2. The lowest BCUT2D eigenvalue weighted by Crippen LogP contribution is -2.38. The predicted octanol–water partition coefficient (Wildman–Crippen LogP) is 1.71. The molecule has 0 saturated carbocycles. The summed E-state index contributed by atoms with van der Waals surface area (Å²) >= 11 is -1.18. The number of aromatic nitrogens is 3. The largest absolute Gasteiger partial charge is 0.616 e. The highest BCUT2D eigenvalue weighted by Crippen LogP contribution is 2.32. The first-order chi connectivity index (χ1) is 12.3. The smallest absolute Gasteiger partial charge is 0.226 e. The van der Waals surface area contributed by atoms with E-state index in [2.05, 4.69) is 15.0 Å². The maximum absolute atomic E-state index is 14.4. The lowest BCUT2D eigenvalue weighted by molar-refractivity contribution is 0.122.